The SMILES string of the molecule is Cc1c[nH]c(CN2CCC3(CC2)CN(CCOc2ccccc2)C(=O)O3)c(C)c1=O. The van der Waals surface area contributed by atoms with Crippen LogP contribution in [0.25, 0.3) is 0 Å². The minimum Gasteiger partial charge on any atom is -0.492 e. The van der Waals surface area contributed by atoms with E-state index in [-0.39, 0.29) is 11.5 Å². The predicted octanol–water partition coefficient (Wildman–Crippen LogP) is 2.86. The Balaban J connectivity index is 1.28. The van der Waals surface area contributed by atoms with Crippen molar-refractivity contribution < 1.29 is 14.3 Å². The number of rotatable bonds is 6. The number of carbonyl (C=O) groups excluding carboxylic acids is 1. The number of carbonyl (C=O) groups is 1. The standard InChI is InChI=1S/C23H29N3O4/c1-17-14-24-20(18(2)21(17)27)15-25-10-8-23(9-11-25)16-26(22(28)30-23)12-13-29-19-6-4-3-5-7-19/h3-7,14H,8-13,15-16H2,1-2H3,(H,24,27). The van der Waals surface area contributed by atoms with Gasteiger partial charge in [-0.1, -0.05) is 18.2 Å². The van der Waals surface area contributed by atoms with E-state index in [9.17, 15) is 9.59 Å². The number of hydrogen-bond acceptors (Lipinski definition) is 5. The van der Waals surface area contributed by atoms with E-state index in [4.69, 9.17) is 9.47 Å². The molecule has 1 aromatic carbocycles. The number of H-pyrrole nitrogens is 1. The first-order chi connectivity index (χ1) is 14.5. The van der Waals surface area contributed by atoms with Crippen LogP contribution in [0.3, 0.4) is 0 Å². The van der Waals surface area contributed by atoms with Gasteiger partial charge in [-0.25, -0.2) is 4.79 Å². The molecule has 0 bridgehead atoms. The molecule has 2 aliphatic rings. The van der Waals surface area contributed by atoms with Crippen LogP contribution in [0.1, 0.15) is 29.7 Å². The van der Waals surface area contributed by atoms with E-state index in [0.29, 0.717) is 26.2 Å². The highest BCUT2D eigenvalue weighted by molar-refractivity contribution is 5.70. The summed E-state index contributed by atoms with van der Waals surface area (Å²) in [6, 6.07) is 9.61. The van der Waals surface area contributed by atoms with Gasteiger partial charge in [0.25, 0.3) is 0 Å². The highest BCUT2D eigenvalue weighted by Crippen LogP contribution is 2.33. The third kappa shape index (κ3) is 4.36. The Bertz CT molecular complexity index is 949. The molecule has 0 aliphatic carbocycles. The third-order valence-corrected chi connectivity index (χ3v) is 6.18. The van der Waals surface area contributed by atoms with E-state index in [2.05, 4.69) is 9.88 Å². The molecule has 0 radical (unpaired) electrons. The molecule has 4 rings (SSSR count). The lowest BCUT2D eigenvalue weighted by atomic mass is 9.91. The maximum atomic E-state index is 12.4. The Labute approximate surface area is 176 Å². The fourth-order valence-corrected chi connectivity index (χ4v) is 4.22. The molecule has 1 spiro atoms. The summed E-state index contributed by atoms with van der Waals surface area (Å²) < 4.78 is 11.5. The van der Waals surface area contributed by atoms with Crippen molar-refractivity contribution in [2.75, 3.05) is 32.8 Å². The Hall–Kier alpha value is -2.80. The molecule has 7 heteroatoms. The fraction of sp³-hybridized carbons (Fsp3) is 0.478. The lowest BCUT2D eigenvalue weighted by Crippen LogP contribution is -2.47. The molecule has 1 amide bonds. The van der Waals surface area contributed by atoms with Crippen molar-refractivity contribution in [3.05, 3.63) is 63.6 Å². The molecule has 0 saturated carbocycles. The molecule has 2 aromatic rings. The van der Waals surface area contributed by atoms with Gasteiger partial charge in [0.2, 0.25) is 0 Å². The summed E-state index contributed by atoms with van der Waals surface area (Å²) in [5.41, 5.74) is 2.19. The zero-order valence-corrected chi connectivity index (χ0v) is 17.6. The van der Waals surface area contributed by atoms with Crippen LogP contribution in [-0.2, 0) is 11.3 Å². The number of aromatic nitrogens is 1. The van der Waals surface area contributed by atoms with Crippen LogP contribution in [0.15, 0.2) is 41.3 Å². The summed E-state index contributed by atoms with van der Waals surface area (Å²) >= 11 is 0. The van der Waals surface area contributed by atoms with Crippen molar-refractivity contribution in [3.8, 4) is 5.75 Å². The Kier molecular flexibility index (Phi) is 5.81. The molecule has 3 heterocycles. The van der Waals surface area contributed by atoms with Crippen molar-refractivity contribution in [2.24, 2.45) is 0 Å². The van der Waals surface area contributed by atoms with E-state index >= 15 is 0 Å². The van der Waals surface area contributed by atoms with Crippen LogP contribution >= 0.6 is 0 Å². The number of pyridine rings is 1. The molecule has 1 aromatic heterocycles. The number of piperidine rings is 1. The molecule has 1 N–H and O–H groups in total. The Morgan fingerprint density at radius 1 is 1.13 bits per heavy atom. The second kappa shape index (κ2) is 8.52. The molecular weight excluding hydrogens is 382 g/mol. The van der Waals surface area contributed by atoms with Gasteiger partial charge in [0.1, 0.15) is 18.0 Å². The van der Waals surface area contributed by atoms with Gasteiger partial charge >= 0.3 is 6.09 Å². The maximum Gasteiger partial charge on any atom is 0.410 e. The number of likely N-dealkylation sites (tertiary alicyclic amines) is 1. The minimum absolute atomic E-state index is 0.107. The number of hydrogen-bond donors (Lipinski definition) is 1. The number of nitrogens with one attached hydrogen (secondary N) is 1. The minimum atomic E-state index is -0.407. The van der Waals surface area contributed by atoms with Crippen molar-refractivity contribution in [1.82, 2.24) is 14.8 Å². The van der Waals surface area contributed by atoms with E-state index in [1.165, 1.54) is 0 Å². The number of amides is 1. The quantitative estimate of drug-likeness (QED) is 0.791. The van der Waals surface area contributed by atoms with Gasteiger partial charge in [-0.05, 0) is 26.0 Å². The molecule has 0 atom stereocenters. The first-order valence-corrected chi connectivity index (χ1v) is 10.5. The third-order valence-electron chi connectivity index (χ3n) is 6.18. The summed E-state index contributed by atoms with van der Waals surface area (Å²) in [6.45, 7) is 7.64. The van der Waals surface area contributed by atoms with Crippen molar-refractivity contribution in [2.45, 2.75) is 38.8 Å². The molecule has 2 fully saturated rings. The normalized spacial score (nSPS) is 18.6. The fourth-order valence-electron chi connectivity index (χ4n) is 4.22. The Morgan fingerprint density at radius 3 is 2.60 bits per heavy atom. The number of para-hydroxylation sites is 1. The van der Waals surface area contributed by atoms with E-state index in [1.807, 2.05) is 44.2 Å². The van der Waals surface area contributed by atoms with Gasteiger partial charge in [0.05, 0.1) is 13.1 Å². The number of aromatic amines is 1. The van der Waals surface area contributed by atoms with Crippen LogP contribution in [0.2, 0.25) is 0 Å². The molecule has 0 unspecified atom stereocenters. The van der Waals surface area contributed by atoms with Gasteiger partial charge < -0.3 is 19.4 Å². The van der Waals surface area contributed by atoms with Gasteiger partial charge in [0, 0.05) is 55.5 Å². The molecule has 30 heavy (non-hydrogen) atoms. The highest BCUT2D eigenvalue weighted by atomic mass is 16.6. The second-order valence-electron chi connectivity index (χ2n) is 8.31. The average molecular weight is 412 g/mol. The highest BCUT2D eigenvalue weighted by Gasteiger charge is 2.46. The van der Waals surface area contributed by atoms with Gasteiger partial charge in [-0.15, -0.1) is 0 Å². The second-order valence-corrected chi connectivity index (χ2v) is 8.31. The zero-order valence-electron chi connectivity index (χ0n) is 17.6. The summed E-state index contributed by atoms with van der Waals surface area (Å²) in [5.74, 6) is 0.803. The van der Waals surface area contributed by atoms with Crippen LogP contribution in [0, 0.1) is 13.8 Å². The monoisotopic (exact) mass is 411 g/mol. The van der Waals surface area contributed by atoms with E-state index in [1.54, 1.807) is 11.1 Å². The van der Waals surface area contributed by atoms with Crippen molar-refractivity contribution >= 4 is 6.09 Å². The van der Waals surface area contributed by atoms with Crippen LogP contribution < -0.4 is 10.2 Å². The lowest BCUT2D eigenvalue weighted by molar-refractivity contribution is -0.00156. The summed E-state index contributed by atoms with van der Waals surface area (Å²) in [5, 5.41) is 0. The first kappa shape index (κ1) is 20.5. The van der Waals surface area contributed by atoms with Crippen LogP contribution in [0.5, 0.6) is 5.75 Å². The topological polar surface area (TPSA) is 74.9 Å². The number of benzene rings is 1. The zero-order chi connectivity index (χ0) is 21.1. The molecule has 2 saturated heterocycles. The number of nitrogens with zero attached hydrogens (tertiary/aromatic N) is 2. The van der Waals surface area contributed by atoms with Crippen LogP contribution in [-0.4, -0.2) is 59.3 Å². The van der Waals surface area contributed by atoms with Gasteiger partial charge in [-0.3, -0.25) is 9.69 Å². The van der Waals surface area contributed by atoms with Gasteiger partial charge in [-0.2, -0.15) is 0 Å². The van der Waals surface area contributed by atoms with Gasteiger partial charge in [0.15, 0.2) is 5.43 Å². The summed E-state index contributed by atoms with van der Waals surface area (Å²) in [7, 11) is 0. The maximum absolute atomic E-state index is 12.4. The molecule has 160 valence electrons. The lowest BCUT2D eigenvalue weighted by Gasteiger charge is -2.37. The molecule has 7 nitrogen and oxygen atoms in total. The largest absolute Gasteiger partial charge is 0.492 e. The van der Waals surface area contributed by atoms with Crippen LogP contribution in [0.4, 0.5) is 4.79 Å². The molecule has 2 aliphatic heterocycles. The summed E-state index contributed by atoms with van der Waals surface area (Å²) in [6.07, 6.45) is 3.12. The van der Waals surface area contributed by atoms with E-state index < -0.39 is 5.60 Å². The number of ether oxygens (including phenoxy) is 2. The molecular formula is C23H29N3O4. The first-order valence-electron chi connectivity index (χ1n) is 10.5. The average Bonchev–Trinajstić information content (AvgIpc) is 3.06. The number of aryl methyl sites for hydroxylation is 1. The van der Waals surface area contributed by atoms with E-state index in [0.717, 1.165) is 48.5 Å². The van der Waals surface area contributed by atoms with Crippen molar-refractivity contribution in [3.63, 3.8) is 0 Å². The summed E-state index contributed by atoms with van der Waals surface area (Å²) in [4.78, 5) is 31.9. The smallest absolute Gasteiger partial charge is 0.410 e. The van der Waals surface area contributed by atoms with Crippen molar-refractivity contribution in [1.29, 1.82) is 0 Å². The Morgan fingerprint density at radius 2 is 1.87 bits per heavy atom. The predicted molar refractivity (Wildman–Crippen MR) is 114 cm³/mol.